The van der Waals surface area contributed by atoms with E-state index in [0.717, 1.165) is 25.2 Å². The summed E-state index contributed by atoms with van der Waals surface area (Å²) in [5, 5.41) is 2.85. The molecule has 2 heterocycles. The van der Waals surface area contributed by atoms with E-state index >= 15 is 0 Å². The first-order valence-corrected chi connectivity index (χ1v) is 11.7. The molecule has 0 unspecified atom stereocenters. The number of Topliss-reactive ketones (excluding diaryl/α,β-unsaturated/α-hetero) is 1. The molecule has 1 fully saturated rings. The lowest BCUT2D eigenvalue weighted by Gasteiger charge is -2.29. The van der Waals surface area contributed by atoms with Gasteiger partial charge in [-0.3, -0.25) is 19.3 Å². The SMILES string of the molecule is CC1(C)CC(=O)c2cc(C(=O)NCc3cccc(CN4CCCCCC4)c3)c(=O)[nH]c2C1. The van der Waals surface area contributed by atoms with Gasteiger partial charge in [0.2, 0.25) is 0 Å². The van der Waals surface area contributed by atoms with E-state index in [1.807, 2.05) is 26.0 Å². The zero-order valence-electron chi connectivity index (χ0n) is 19.1. The number of aromatic amines is 1. The summed E-state index contributed by atoms with van der Waals surface area (Å²) in [6, 6.07) is 9.71. The molecule has 0 saturated carbocycles. The molecule has 0 atom stereocenters. The number of hydrogen-bond donors (Lipinski definition) is 2. The first kappa shape index (κ1) is 22.5. The van der Waals surface area contributed by atoms with Gasteiger partial charge in [-0.1, -0.05) is 51.0 Å². The highest BCUT2D eigenvalue weighted by Gasteiger charge is 2.32. The van der Waals surface area contributed by atoms with Crippen LogP contribution in [0.25, 0.3) is 0 Å². The highest BCUT2D eigenvalue weighted by Crippen LogP contribution is 2.33. The fourth-order valence-corrected chi connectivity index (χ4v) is 4.86. The monoisotopic (exact) mass is 435 g/mol. The van der Waals surface area contributed by atoms with Crippen LogP contribution in [0.15, 0.2) is 35.1 Å². The Hall–Kier alpha value is -2.73. The molecule has 1 aliphatic carbocycles. The highest BCUT2D eigenvalue weighted by molar-refractivity contribution is 6.02. The number of nitrogens with one attached hydrogen (secondary N) is 2. The molecule has 6 nitrogen and oxygen atoms in total. The molecule has 2 N–H and O–H groups in total. The van der Waals surface area contributed by atoms with Gasteiger partial charge < -0.3 is 10.3 Å². The van der Waals surface area contributed by atoms with Crippen molar-refractivity contribution in [2.24, 2.45) is 5.41 Å². The molecule has 2 aliphatic rings. The maximum atomic E-state index is 12.7. The van der Waals surface area contributed by atoms with E-state index in [4.69, 9.17) is 0 Å². The van der Waals surface area contributed by atoms with Crippen molar-refractivity contribution >= 4 is 11.7 Å². The van der Waals surface area contributed by atoms with Gasteiger partial charge in [0.05, 0.1) is 0 Å². The molecule has 0 bridgehead atoms. The third-order valence-electron chi connectivity index (χ3n) is 6.51. The molecule has 2 aromatic rings. The van der Waals surface area contributed by atoms with Crippen LogP contribution in [0.3, 0.4) is 0 Å². The van der Waals surface area contributed by atoms with Gasteiger partial charge >= 0.3 is 0 Å². The Morgan fingerprint density at radius 1 is 1.03 bits per heavy atom. The normalized spacial score (nSPS) is 18.6. The Kier molecular flexibility index (Phi) is 6.60. The van der Waals surface area contributed by atoms with E-state index in [2.05, 4.69) is 27.3 Å². The van der Waals surface area contributed by atoms with Crippen LogP contribution in [-0.2, 0) is 19.5 Å². The lowest BCUT2D eigenvalue weighted by atomic mass is 9.75. The van der Waals surface area contributed by atoms with Gasteiger partial charge in [0, 0.05) is 30.8 Å². The van der Waals surface area contributed by atoms with Crippen LogP contribution in [0, 0.1) is 5.41 Å². The van der Waals surface area contributed by atoms with E-state index in [1.54, 1.807) is 0 Å². The Morgan fingerprint density at radius 2 is 1.75 bits per heavy atom. The molecule has 0 spiro atoms. The molecule has 0 radical (unpaired) electrons. The summed E-state index contributed by atoms with van der Waals surface area (Å²) in [6.07, 6.45) is 6.17. The van der Waals surface area contributed by atoms with Gasteiger partial charge in [-0.15, -0.1) is 0 Å². The van der Waals surface area contributed by atoms with E-state index in [-0.39, 0.29) is 16.8 Å². The second kappa shape index (κ2) is 9.41. The zero-order valence-corrected chi connectivity index (χ0v) is 19.1. The van der Waals surface area contributed by atoms with Crippen molar-refractivity contribution in [1.82, 2.24) is 15.2 Å². The molecule has 32 heavy (non-hydrogen) atoms. The molecule has 1 amide bonds. The fourth-order valence-electron chi connectivity index (χ4n) is 4.86. The summed E-state index contributed by atoms with van der Waals surface area (Å²) in [5.41, 5.74) is 2.70. The maximum Gasteiger partial charge on any atom is 0.261 e. The van der Waals surface area contributed by atoms with Crippen molar-refractivity contribution in [3.63, 3.8) is 0 Å². The molecular weight excluding hydrogens is 402 g/mol. The molecule has 170 valence electrons. The summed E-state index contributed by atoms with van der Waals surface area (Å²) in [6.45, 7) is 7.55. The molecule has 6 heteroatoms. The minimum Gasteiger partial charge on any atom is -0.348 e. The van der Waals surface area contributed by atoms with Gasteiger partial charge in [-0.05, 0) is 55.0 Å². The average Bonchev–Trinajstić information content (AvgIpc) is 2.99. The van der Waals surface area contributed by atoms with Crippen molar-refractivity contribution < 1.29 is 9.59 Å². The van der Waals surface area contributed by atoms with Crippen molar-refractivity contribution in [2.45, 2.75) is 65.5 Å². The Balaban J connectivity index is 1.42. The number of amides is 1. The van der Waals surface area contributed by atoms with E-state index in [0.29, 0.717) is 30.6 Å². The minimum atomic E-state index is -0.454. The molecule has 1 aromatic heterocycles. The summed E-state index contributed by atoms with van der Waals surface area (Å²) in [4.78, 5) is 43.1. The number of hydrogen-bond acceptors (Lipinski definition) is 4. The van der Waals surface area contributed by atoms with Gasteiger partial charge in [0.1, 0.15) is 5.56 Å². The predicted octanol–water partition coefficient (Wildman–Crippen LogP) is 3.84. The van der Waals surface area contributed by atoms with Gasteiger partial charge in [0.25, 0.3) is 11.5 Å². The Bertz CT molecular complexity index is 1060. The van der Waals surface area contributed by atoms with Crippen molar-refractivity contribution in [1.29, 1.82) is 0 Å². The number of likely N-dealkylation sites (tertiary alicyclic amines) is 1. The summed E-state index contributed by atoms with van der Waals surface area (Å²) >= 11 is 0. The summed E-state index contributed by atoms with van der Waals surface area (Å²) in [7, 11) is 0. The lowest BCUT2D eigenvalue weighted by Crippen LogP contribution is -2.34. The minimum absolute atomic E-state index is 0.00229. The van der Waals surface area contributed by atoms with E-state index < -0.39 is 11.5 Å². The molecule has 1 saturated heterocycles. The van der Waals surface area contributed by atoms with Crippen LogP contribution in [0.2, 0.25) is 0 Å². The molecule has 1 aromatic carbocycles. The van der Waals surface area contributed by atoms with Crippen LogP contribution >= 0.6 is 0 Å². The second-order valence-electron chi connectivity index (χ2n) is 10.0. The first-order chi connectivity index (χ1) is 15.3. The molecular formula is C26H33N3O3. The summed E-state index contributed by atoms with van der Waals surface area (Å²) < 4.78 is 0. The van der Waals surface area contributed by atoms with Gasteiger partial charge in [-0.2, -0.15) is 0 Å². The van der Waals surface area contributed by atoms with Gasteiger partial charge in [0.15, 0.2) is 5.78 Å². The number of aromatic nitrogens is 1. The van der Waals surface area contributed by atoms with Crippen LogP contribution in [0.5, 0.6) is 0 Å². The number of nitrogens with zero attached hydrogens (tertiary/aromatic N) is 1. The van der Waals surface area contributed by atoms with E-state index in [9.17, 15) is 14.4 Å². The van der Waals surface area contributed by atoms with Crippen LogP contribution < -0.4 is 10.9 Å². The lowest BCUT2D eigenvalue weighted by molar-refractivity contribution is 0.0910. The predicted molar refractivity (Wildman–Crippen MR) is 125 cm³/mol. The number of H-pyrrole nitrogens is 1. The number of rotatable bonds is 5. The number of carbonyl (C=O) groups excluding carboxylic acids is 2. The highest BCUT2D eigenvalue weighted by atomic mass is 16.2. The van der Waals surface area contributed by atoms with Crippen molar-refractivity contribution in [2.75, 3.05) is 13.1 Å². The summed E-state index contributed by atoms with van der Waals surface area (Å²) in [5.74, 6) is -0.479. The largest absolute Gasteiger partial charge is 0.348 e. The zero-order chi connectivity index (χ0) is 22.7. The number of pyridine rings is 1. The maximum absolute atomic E-state index is 12.7. The van der Waals surface area contributed by atoms with Crippen LogP contribution in [-0.4, -0.2) is 34.7 Å². The Morgan fingerprint density at radius 3 is 2.50 bits per heavy atom. The quantitative estimate of drug-likeness (QED) is 0.748. The number of ketones is 1. The van der Waals surface area contributed by atoms with Crippen molar-refractivity contribution in [3.8, 4) is 0 Å². The van der Waals surface area contributed by atoms with E-state index in [1.165, 1.54) is 37.3 Å². The number of carbonyl (C=O) groups is 2. The number of fused-ring (bicyclic) bond motifs is 1. The number of benzene rings is 1. The topological polar surface area (TPSA) is 82.3 Å². The van der Waals surface area contributed by atoms with Crippen LogP contribution in [0.1, 0.15) is 83.5 Å². The van der Waals surface area contributed by atoms with Crippen molar-refractivity contribution in [3.05, 3.63) is 68.6 Å². The average molecular weight is 436 g/mol. The third-order valence-corrected chi connectivity index (χ3v) is 6.51. The second-order valence-corrected chi connectivity index (χ2v) is 10.0. The third kappa shape index (κ3) is 5.36. The standard InChI is InChI=1S/C26H33N3O3/c1-26(2)14-22-20(23(30)15-26)13-21(25(32)28-22)24(31)27-16-18-8-7-9-19(12-18)17-29-10-5-3-4-6-11-29/h7-9,12-13H,3-6,10-11,14-17H2,1-2H3,(H,27,31)(H,28,32). The van der Waals surface area contributed by atoms with Crippen LogP contribution in [0.4, 0.5) is 0 Å². The Labute approximate surface area is 189 Å². The molecule has 4 rings (SSSR count). The fraction of sp³-hybridized carbons (Fsp3) is 0.500. The molecule has 1 aliphatic heterocycles. The smallest absolute Gasteiger partial charge is 0.261 e. The van der Waals surface area contributed by atoms with Gasteiger partial charge in [-0.25, -0.2) is 0 Å². The first-order valence-electron chi connectivity index (χ1n) is 11.7.